The third-order valence-electron chi connectivity index (χ3n) is 4.42. The molecule has 2 heteroatoms. The van der Waals surface area contributed by atoms with E-state index in [0.717, 1.165) is 6.54 Å². The molecule has 0 spiro atoms. The summed E-state index contributed by atoms with van der Waals surface area (Å²) in [4.78, 5) is 2.66. The molecule has 1 aliphatic rings. The molecule has 0 bridgehead atoms. The summed E-state index contributed by atoms with van der Waals surface area (Å²) >= 11 is 0. The molecule has 2 nitrogen and oxygen atoms in total. The van der Waals surface area contributed by atoms with Crippen molar-refractivity contribution in [3.8, 4) is 0 Å². The first-order valence-electron chi connectivity index (χ1n) is 7.69. The Hall–Kier alpha value is -0.860. The summed E-state index contributed by atoms with van der Waals surface area (Å²) in [7, 11) is 0. The van der Waals surface area contributed by atoms with E-state index in [1.807, 2.05) is 0 Å². The van der Waals surface area contributed by atoms with Crippen LogP contribution in [0.1, 0.15) is 51.6 Å². The Labute approximate surface area is 118 Å². The van der Waals surface area contributed by atoms with Crippen LogP contribution in [0, 0.1) is 0 Å². The van der Waals surface area contributed by atoms with Gasteiger partial charge in [-0.25, -0.2) is 0 Å². The monoisotopic (exact) mass is 260 g/mol. The van der Waals surface area contributed by atoms with Crippen LogP contribution in [-0.2, 0) is 0 Å². The smallest absolute Gasteiger partial charge is 0.0501 e. The first-order chi connectivity index (χ1) is 9.16. The van der Waals surface area contributed by atoms with Crippen LogP contribution >= 0.6 is 0 Å². The van der Waals surface area contributed by atoms with E-state index in [0.29, 0.717) is 6.04 Å². The predicted octanol–water partition coefficient (Wildman–Crippen LogP) is 3.60. The zero-order valence-electron chi connectivity index (χ0n) is 12.7. The van der Waals surface area contributed by atoms with Gasteiger partial charge in [0.2, 0.25) is 0 Å². The van der Waals surface area contributed by atoms with E-state index in [9.17, 15) is 0 Å². The van der Waals surface area contributed by atoms with Gasteiger partial charge in [0.1, 0.15) is 0 Å². The van der Waals surface area contributed by atoms with Gasteiger partial charge in [-0.2, -0.15) is 0 Å². The van der Waals surface area contributed by atoms with Crippen LogP contribution in [0.25, 0.3) is 0 Å². The van der Waals surface area contributed by atoms with Crippen molar-refractivity contribution in [3.63, 3.8) is 0 Å². The van der Waals surface area contributed by atoms with E-state index >= 15 is 0 Å². The van der Waals surface area contributed by atoms with Crippen LogP contribution < -0.4 is 5.32 Å². The fourth-order valence-corrected chi connectivity index (χ4v) is 3.28. The Morgan fingerprint density at radius 2 is 1.74 bits per heavy atom. The highest BCUT2D eigenvalue weighted by Crippen LogP contribution is 2.33. The highest BCUT2D eigenvalue weighted by Gasteiger charge is 2.36. The molecular formula is C17H28N2. The lowest BCUT2D eigenvalue weighted by atomic mass is 9.85. The second-order valence-electron chi connectivity index (χ2n) is 6.10. The molecule has 1 aromatic carbocycles. The number of nitrogens with one attached hydrogen (secondary N) is 1. The molecule has 0 amide bonds. The van der Waals surface area contributed by atoms with Gasteiger partial charge in [0.15, 0.2) is 0 Å². The van der Waals surface area contributed by atoms with Gasteiger partial charge in [-0.3, -0.25) is 4.90 Å². The Bertz CT molecular complexity index is 366. The Morgan fingerprint density at radius 1 is 1.11 bits per heavy atom. The topological polar surface area (TPSA) is 15.3 Å². The molecule has 0 saturated carbocycles. The minimum atomic E-state index is 0.164. The third-order valence-corrected chi connectivity index (χ3v) is 4.42. The van der Waals surface area contributed by atoms with E-state index in [-0.39, 0.29) is 5.54 Å². The van der Waals surface area contributed by atoms with Crippen LogP contribution in [0.2, 0.25) is 0 Å². The predicted molar refractivity (Wildman–Crippen MR) is 82.4 cm³/mol. The van der Waals surface area contributed by atoms with Gasteiger partial charge in [0.05, 0.1) is 6.04 Å². The lowest BCUT2D eigenvalue weighted by Gasteiger charge is -2.46. The van der Waals surface area contributed by atoms with Crippen molar-refractivity contribution in [1.29, 1.82) is 0 Å². The van der Waals surface area contributed by atoms with Crippen LogP contribution in [0.3, 0.4) is 0 Å². The molecule has 1 saturated heterocycles. The molecule has 2 rings (SSSR count). The van der Waals surface area contributed by atoms with E-state index < -0.39 is 0 Å². The maximum atomic E-state index is 3.69. The number of benzene rings is 1. The van der Waals surface area contributed by atoms with Gasteiger partial charge in [0.25, 0.3) is 0 Å². The molecule has 1 heterocycles. The Morgan fingerprint density at radius 3 is 2.32 bits per heavy atom. The Balaban J connectivity index is 2.21. The summed E-state index contributed by atoms with van der Waals surface area (Å²) in [6.07, 6.45) is 4.08. The van der Waals surface area contributed by atoms with E-state index in [4.69, 9.17) is 0 Å². The fraction of sp³-hybridized carbons (Fsp3) is 0.647. The van der Waals surface area contributed by atoms with Crippen molar-refractivity contribution in [2.75, 3.05) is 19.6 Å². The first-order valence-corrected chi connectivity index (χ1v) is 7.69. The number of rotatable bonds is 5. The van der Waals surface area contributed by atoms with Crippen molar-refractivity contribution >= 4 is 0 Å². The maximum Gasteiger partial charge on any atom is 0.0501 e. The molecule has 1 N–H and O–H groups in total. The molecular weight excluding hydrogens is 232 g/mol. The minimum absolute atomic E-state index is 0.164. The van der Waals surface area contributed by atoms with Crippen LogP contribution in [0.4, 0.5) is 0 Å². The largest absolute Gasteiger partial charge is 0.309 e. The average molecular weight is 260 g/mol. The number of likely N-dealkylation sites (tertiary alicyclic amines) is 1. The van der Waals surface area contributed by atoms with E-state index in [1.165, 1.54) is 37.9 Å². The van der Waals surface area contributed by atoms with E-state index in [1.54, 1.807) is 0 Å². The van der Waals surface area contributed by atoms with Crippen molar-refractivity contribution in [2.45, 2.75) is 51.6 Å². The highest BCUT2D eigenvalue weighted by molar-refractivity contribution is 5.22. The van der Waals surface area contributed by atoms with Crippen LogP contribution in [0.5, 0.6) is 0 Å². The zero-order valence-corrected chi connectivity index (χ0v) is 12.7. The number of piperidine rings is 1. The molecule has 0 aromatic heterocycles. The average Bonchev–Trinajstić information content (AvgIpc) is 2.46. The standard InChI is InChI=1S/C17H28N2/c1-4-18-16(15-11-7-5-8-12-15)17(2,3)19-13-9-6-10-14-19/h5,7-8,11-12,16,18H,4,6,9-10,13-14H2,1-3H3. The molecule has 1 aliphatic heterocycles. The lowest BCUT2D eigenvalue weighted by molar-refractivity contribution is 0.0613. The SMILES string of the molecule is CCNC(c1ccccc1)C(C)(C)N1CCCCC1. The number of nitrogens with zero attached hydrogens (tertiary/aromatic N) is 1. The van der Waals surface area contributed by atoms with Gasteiger partial charge in [-0.15, -0.1) is 0 Å². The zero-order chi connectivity index (χ0) is 13.7. The van der Waals surface area contributed by atoms with Gasteiger partial charge < -0.3 is 5.32 Å². The lowest BCUT2D eigenvalue weighted by Crippen LogP contribution is -2.54. The van der Waals surface area contributed by atoms with Crippen molar-refractivity contribution in [1.82, 2.24) is 10.2 Å². The fourth-order valence-electron chi connectivity index (χ4n) is 3.28. The van der Waals surface area contributed by atoms with Crippen molar-refractivity contribution in [2.24, 2.45) is 0 Å². The summed E-state index contributed by atoms with van der Waals surface area (Å²) in [6.45, 7) is 10.5. The molecule has 0 radical (unpaired) electrons. The van der Waals surface area contributed by atoms with E-state index in [2.05, 4.69) is 61.3 Å². The first kappa shape index (κ1) is 14.5. The maximum absolute atomic E-state index is 3.69. The van der Waals surface area contributed by atoms with Gasteiger partial charge in [-0.1, -0.05) is 43.7 Å². The van der Waals surface area contributed by atoms with Gasteiger partial charge in [-0.05, 0) is 51.9 Å². The summed E-state index contributed by atoms with van der Waals surface area (Å²) in [6, 6.07) is 11.3. The molecule has 106 valence electrons. The van der Waals surface area contributed by atoms with Crippen molar-refractivity contribution < 1.29 is 0 Å². The van der Waals surface area contributed by atoms with Gasteiger partial charge >= 0.3 is 0 Å². The number of likely N-dealkylation sites (N-methyl/N-ethyl adjacent to an activating group) is 1. The van der Waals surface area contributed by atoms with Crippen LogP contribution in [-0.4, -0.2) is 30.1 Å². The summed E-state index contributed by atoms with van der Waals surface area (Å²) in [5, 5.41) is 3.69. The molecule has 0 aliphatic carbocycles. The summed E-state index contributed by atoms with van der Waals surface area (Å²) in [5.74, 6) is 0. The molecule has 1 aromatic rings. The Kier molecular flexibility index (Phi) is 5.00. The molecule has 19 heavy (non-hydrogen) atoms. The van der Waals surface area contributed by atoms with Crippen molar-refractivity contribution in [3.05, 3.63) is 35.9 Å². The molecule has 1 atom stereocenters. The van der Waals surface area contributed by atoms with Crippen LogP contribution in [0.15, 0.2) is 30.3 Å². The quantitative estimate of drug-likeness (QED) is 0.870. The van der Waals surface area contributed by atoms with Gasteiger partial charge in [0, 0.05) is 5.54 Å². The third kappa shape index (κ3) is 3.37. The number of hydrogen-bond acceptors (Lipinski definition) is 2. The molecule has 1 fully saturated rings. The summed E-state index contributed by atoms with van der Waals surface area (Å²) < 4.78 is 0. The normalized spacial score (nSPS) is 19.3. The minimum Gasteiger partial charge on any atom is -0.309 e. The second-order valence-corrected chi connectivity index (χ2v) is 6.10. The molecule has 1 unspecified atom stereocenters. The summed E-state index contributed by atoms with van der Waals surface area (Å²) in [5.41, 5.74) is 1.57. The number of hydrogen-bond donors (Lipinski definition) is 1. The highest BCUT2D eigenvalue weighted by atomic mass is 15.2. The second kappa shape index (κ2) is 6.53.